The topological polar surface area (TPSA) is 70.4 Å². The van der Waals surface area contributed by atoms with Gasteiger partial charge < -0.3 is 19.9 Å². The molecular weight excluding hydrogens is 480 g/mol. The predicted molar refractivity (Wildman–Crippen MR) is 151 cm³/mol. The molecule has 4 aromatic rings. The number of anilines is 1. The molecule has 2 aromatic carbocycles. The van der Waals surface area contributed by atoms with E-state index in [-0.39, 0.29) is 17.6 Å². The van der Waals surface area contributed by atoms with Gasteiger partial charge in [0.05, 0.1) is 23.3 Å². The third-order valence-corrected chi connectivity index (χ3v) is 7.41. The first-order valence-electron chi connectivity index (χ1n) is 12.4. The summed E-state index contributed by atoms with van der Waals surface area (Å²) in [6.45, 7) is 8.55. The van der Waals surface area contributed by atoms with Gasteiger partial charge in [-0.3, -0.25) is 4.98 Å². The van der Waals surface area contributed by atoms with Crippen molar-refractivity contribution in [3.63, 3.8) is 0 Å². The van der Waals surface area contributed by atoms with E-state index in [1.54, 1.807) is 12.1 Å². The molecule has 2 N–H and O–H groups in total. The molecule has 0 radical (unpaired) electrons. The minimum atomic E-state index is -0.934. The van der Waals surface area contributed by atoms with E-state index in [0.717, 1.165) is 34.0 Å². The van der Waals surface area contributed by atoms with E-state index in [0.29, 0.717) is 11.0 Å². The van der Waals surface area contributed by atoms with Crippen LogP contribution >= 0.6 is 12.2 Å². The fraction of sp³-hybridized carbons (Fsp3) is 0.233. The molecule has 2 atom stereocenters. The van der Waals surface area contributed by atoms with Gasteiger partial charge in [0.25, 0.3) is 0 Å². The number of pyridine rings is 1. The summed E-state index contributed by atoms with van der Waals surface area (Å²) in [7, 11) is 0. The third kappa shape index (κ3) is 4.51. The molecule has 1 fully saturated rings. The molecule has 0 amide bonds. The molecule has 6 nitrogen and oxygen atoms in total. The summed E-state index contributed by atoms with van der Waals surface area (Å²) in [5, 5.41) is 13.5. The Kier molecular flexibility index (Phi) is 6.56. The first kappa shape index (κ1) is 24.7. The minimum absolute atomic E-state index is 0.120. The van der Waals surface area contributed by atoms with Gasteiger partial charge in [-0.2, -0.15) is 0 Å². The van der Waals surface area contributed by atoms with Crippen LogP contribution in [0, 0.1) is 13.8 Å². The molecule has 0 saturated carbocycles. The number of carboxylic acids is 1. The first-order valence-corrected chi connectivity index (χ1v) is 12.8. The summed E-state index contributed by atoms with van der Waals surface area (Å²) in [6.07, 6.45) is 1.81. The Morgan fingerprint density at radius 3 is 2.27 bits per heavy atom. The Morgan fingerprint density at radius 1 is 1.00 bits per heavy atom. The average molecular weight is 511 g/mol. The number of hydrogen-bond donors (Lipinski definition) is 2. The van der Waals surface area contributed by atoms with Gasteiger partial charge >= 0.3 is 5.97 Å². The second kappa shape index (κ2) is 9.82. The van der Waals surface area contributed by atoms with E-state index in [9.17, 15) is 9.90 Å². The first-order chi connectivity index (χ1) is 17.8. The molecule has 0 spiro atoms. The van der Waals surface area contributed by atoms with Gasteiger partial charge in [0.1, 0.15) is 0 Å². The monoisotopic (exact) mass is 510 g/mol. The number of carboxylic acid groups (broad SMARTS) is 1. The molecule has 5 rings (SSSR count). The summed E-state index contributed by atoms with van der Waals surface area (Å²) in [5.74, 6) is -0.489. The molecule has 1 saturated heterocycles. The Bertz CT molecular complexity index is 1440. The van der Waals surface area contributed by atoms with Crippen molar-refractivity contribution >= 4 is 29.0 Å². The van der Waals surface area contributed by atoms with E-state index < -0.39 is 5.97 Å². The van der Waals surface area contributed by atoms with Gasteiger partial charge in [0, 0.05) is 29.0 Å². The number of rotatable bonds is 6. The zero-order valence-electron chi connectivity index (χ0n) is 21.3. The van der Waals surface area contributed by atoms with Crippen LogP contribution in [0.15, 0.2) is 79.0 Å². The molecular formula is C30H30N4O2S. The molecule has 188 valence electrons. The highest BCUT2D eigenvalue weighted by Gasteiger charge is 2.42. The van der Waals surface area contributed by atoms with Gasteiger partial charge in [-0.05, 0) is 97.7 Å². The van der Waals surface area contributed by atoms with Gasteiger partial charge in [-0.25, -0.2) is 4.79 Å². The van der Waals surface area contributed by atoms with E-state index >= 15 is 0 Å². The van der Waals surface area contributed by atoms with Crippen molar-refractivity contribution in [3.05, 3.63) is 113 Å². The van der Waals surface area contributed by atoms with Crippen LogP contribution < -0.4 is 10.2 Å². The number of hydrogen-bond acceptors (Lipinski definition) is 3. The lowest BCUT2D eigenvalue weighted by atomic mass is 9.96. The largest absolute Gasteiger partial charge is 0.478 e. The maximum Gasteiger partial charge on any atom is 0.335 e. The number of aryl methyl sites for hydroxylation is 1. The smallest absolute Gasteiger partial charge is 0.335 e. The summed E-state index contributed by atoms with van der Waals surface area (Å²) < 4.78 is 2.16. The van der Waals surface area contributed by atoms with E-state index in [4.69, 9.17) is 12.2 Å². The fourth-order valence-electron chi connectivity index (χ4n) is 5.21. The Morgan fingerprint density at radius 2 is 1.68 bits per heavy atom. The zero-order valence-corrected chi connectivity index (χ0v) is 22.2. The number of nitrogens with zero attached hydrogens (tertiary/aromatic N) is 3. The van der Waals surface area contributed by atoms with Crippen molar-refractivity contribution in [2.45, 2.75) is 45.7 Å². The SMILES string of the molecule is Cc1cc([C@H]2[C@H](c3ccccn3)NC(=S)N2c2ccc(C(C)C)cc2)c(C)n1-c1ccc(C(=O)O)cc1. The molecule has 3 heterocycles. The fourth-order valence-corrected chi connectivity index (χ4v) is 5.55. The number of aromatic carboxylic acids is 1. The average Bonchev–Trinajstić information content (AvgIpc) is 3.39. The molecule has 0 unspecified atom stereocenters. The van der Waals surface area contributed by atoms with Crippen LogP contribution in [0.25, 0.3) is 5.69 Å². The second-order valence-electron chi connectivity index (χ2n) is 9.76. The normalized spacial score (nSPS) is 17.3. The highest BCUT2D eigenvalue weighted by Crippen LogP contribution is 2.44. The quantitative estimate of drug-likeness (QED) is 0.289. The Hall–Kier alpha value is -3.97. The Labute approximate surface area is 222 Å². The van der Waals surface area contributed by atoms with Crippen LogP contribution in [0.1, 0.15) is 70.4 Å². The van der Waals surface area contributed by atoms with Crippen LogP contribution in [0.3, 0.4) is 0 Å². The summed E-state index contributed by atoms with van der Waals surface area (Å²) in [6, 6.07) is 23.5. The van der Waals surface area contributed by atoms with Crippen LogP contribution in [0.5, 0.6) is 0 Å². The Balaban J connectivity index is 1.63. The third-order valence-electron chi connectivity index (χ3n) is 7.10. The number of benzene rings is 2. The maximum atomic E-state index is 11.4. The lowest BCUT2D eigenvalue weighted by Crippen LogP contribution is -2.29. The van der Waals surface area contributed by atoms with E-state index in [1.165, 1.54) is 5.56 Å². The van der Waals surface area contributed by atoms with Crippen LogP contribution in [-0.2, 0) is 0 Å². The van der Waals surface area contributed by atoms with Crippen LogP contribution in [-0.4, -0.2) is 25.7 Å². The summed E-state index contributed by atoms with van der Waals surface area (Å²) in [5.41, 5.74) is 7.68. The number of carbonyl (C=O) groups is 1. The maximum absolute atomic E-state index is 11.4. The lowest BCUT2D eigenvalue weighted by molar-refractivity contribution is 0.0697. The van der Waals surface area contributed by atoms with Gasteiger partial charge in [-0.15, -0.1) is 0 Å². The van der Waals surface area contributed by atoms with Crippen LogP contribution in [0.4, 0.5) is 5.69 Å². The summed E-state index contributed by atoms with van der Waals surface area (Å²) >= 11 is 5.90. The van der Waals surface area contributed by atoms with Gasteiger partial charge in [-0.1, -0.05) is 32.0 Å². The molecule has 1 aliphatic heterocycles. The molecule has 37 heavy (non-hydrogen) atoms. The van der Waals surface area contributed by atoms with Crippen molar-refractivity contribution in [1.82, 2.24) is 14.9 Å². The van der Waals surface area contributed by atoms with Crippen molar-refractivity contribution < 1.29 is 9.90 Å². The number of thiocarbonyl (C=S) groups is 1. The zero-order chi connectivity index (χ0) is 26.3. The molecule has 1 aliphatic rings. The molecule has 2 aromatic heterocycles. The molecule has 0 aliphatic carbocycles. The predicted octanol–water partition coefficient (Wildman–Crippen LogP) is 6.49. The van der Waals surface area contributed by atoms with Crippen molar-refractivity contribution in [2.24, 2.45) is 0 Å². The van der Waals surface area contributed by atoms with E-state index in [2.05, 4.69) is 77.8 Å². The van der Waals surface area contributed by atoms with E-state index in [1.807, 2.05) is 36.5 Å². The minimum Gasteiger partial charge on any atom is -0.478 e. The van der Waals surface area contributed by atoms with Crippen molar-refractivity contribution in [3.8, 4) is 5.69 Å². The molecule has 7 heteroatoms. The lowest BCUT2D eigenvalue weighted by Gasteiger charge is -2.28. The van der Waals surface area contributed by atoms with Gasteiger partial charge in [0.15, 0.2) is 5.11 Å². The van der Waals surface area contributed by atoms with Crippen LogP contribution in [0.2, 0.25) is 0 Å². The number of nitrogens with one attached hydrogen (secondary N) is 1. The standard InChI is InChI=1S/C30H30N4O2S/c1-18(2)21-8-12-24(13-9-21)34-28(27(32-30(34)37)26-7-5-6-16-31-26)25-17-19(3)33(20(25)4)23-14-10-22(11-15-23)29(35)36/h5-18,27-28H,1-4H3,(H,32,37)(H,35,36)/t27-,28-/m0/s1. The second-order valence-corrected chi connectivity index (χ2v) is 10.1. The highest BCUT2D eigenvalue weighted by molar-refractivity contribution is 7.80. The molecule has 0 bridgehead atoms. The summed E-state index contributed by atoms with van der Waals surface area (Å²) in [4.78, 5) is 18.2. The highest BCUT2D eigenvalue weighted by atomic mass is 32.1. The van der Waals surface area contributed by atoms with Crippen molar-refractivity contribution in [1.29, 1.82) is 0 Å². The number of aromatic nitrogens is 2. The van der Waals surface area contributed by atoms with Gasteiger partial charge in [0.2, 0.25) is 0 Å². The van der Waals surface area contributed by atoms with Crippen molar-refractivity contribution in [2.75, 3.05) is 4.90 Å².